The molecular formula is C9H11NO4. The first kappa shape index (κ1) is 10.3. The first-order chi connectivity index (χ1) is 6.65. The molecule has 1 aromatic rings. The second kappa shape index (κ2) is 4.45. The van der Waals surface area contributed by atoms with Crippen molar-refractivity contribution in [1.29, 1.82) is 0 Å². The molecule has 1 aromatic heterocycles. The topological polar surface area (TPSA) is 68.5 Å². The molecule has 0 aliphatic rings. The number of furan rings is 1. The van der Waals surface area contributed by atoms with Crippen LogP contribution in [0, 0.1) is 0 Å². The van der Waals surface area contributed by atoms with Crippen LogP contribution in [-0.4, -0.2) is 25.0 Å². The lowest BCUT2D eigenvalue weighted by Crippen LogP contribution is -2.38. The number of esters is 1. The number of amides is 1. The van der Waals surface area contributed by atoms with Crippen LogP contribution in [0.4, 0.5) is 0 Å². The molecule has 0 aliphatic carbocycles. The van der Waals surface area contributed by atoms with Crippen LogP contribution < -0.4 is 5.32 Å². The third-order valence-corrected chi connectivity index (χ3v) is 1.65. The number of methoxy groups -OCH3 is 1. The van der Waals surface area contributed by atoms with Gasteiger partial charge < -0.3 is 14.5 Å². The predicted molar refractivity (Wildman–Crippen MR) is 47.7 cm³/mol. The Labute approximate surface area is 81.0 Å². The van der Waals surface area contributed by atoms with Crippen LogP contribution in [-0.2, 0) is 9.53 Å². The zero-order valence-corrected chi connectivity index (χ0v) is 7.94. The van der Waals surface area contributed by atoms with Crippen molar-refractivity contribution in [2.24, 2.45) is 0 Å². The largest absolute Gasteiger partial charge is 0.467 e. The Morgan fingerprint density at radius 2 is 2.29 bits per heavy atom. The molecule has 0 saturated carbocycles. The van der Waals surface area contributed by atoms with E-state index in [4.69, 9.17) is 4.42 Å². The maximum absolute atomic E-state index is 11.3. The monoisotopic (exact) mass is 197 g/mol. The Morgan fingerprint density at radius 1 is 1.57 bits per heavy atom. The summed E-state index contributed by atoms with van der Waals surface area (Å²) in [7, 11) is 1.26. The standard InChI is InChI=1S/C9H11NO4/c1-6(9(12)13-2)10-8(11)7-4-3-5-14-7/h3-6H,1-2H3,(H,10,11)/t6-/m1/s1. The van der Waals surface area contributed by atoms with Gasteiger partial charge in [-0.15, -0.1) is 0 Å². The number of rotatable bonds is 3. The van der Waals surface area contributed by atoms with Gasteiger partial charge in [0, 0.05) is 0 Å². The van der Waals surface area contributed by atoms with E-state index in [9.17, 15) is 9.59 Å². The van der Waals surface area contributed by atoms with E-state index in [1.165, 1.54) is 26.4 Å². The third-order valence-electron chi connectivity index (χ3n) is 1.65. The number of ether oxygens (including phenoxy) is 1. The molecular weight excluding hydrogens is 186 g/mol. The first-order valence-electron chi connectivity index (χ1n) is 4.07. The van der Waals surface area contributed by atoms with Gasteiger partial charge in [-0.25, -0.2) is 4.79 Å². The van der Waals surface area contributed by atoms with Crippen molar-refractivity contribution in [1.82, 2.24) is 5.32 Å². The molecule has 14 heavy (non-hydrogen) atoms. The molecule has 0 radical (unpaired) electrons. The zero-order chi connectivity index (χ0) is 10.6. The predicted octanol–water partition coefficient (Wildman–Crippen LogP) is 0.571. The van der Waals surface area contributed by atoms with Gasteiger partial charge in [-0.05, 0) is 19.1 Å². The molecule has 0 unspecified atom stereocenters. The maximum Gasteiger partial charge on any atom is 0.328 e. The van der Waals surface area contributed by atoms with E-state index < -0.39 is 17.9 Å². The molecule has 1 atom stereocenters. The molecule has 0 saturated heterocycles. The normalized spacial score (nSPS) is 11.9. The van der Waals surface area contributed by atoms with Crippen molar-refractivity contribution in [3.63, 3.8) is 0 Å². The Hall–Kier alpha value is -1.78. The lowest BCUT2D eigenvalue weighted by molar-refractivity contribution is -0.142. The van der Waals surface area contributed by atoms with E-state index in [1.807, 2.05) is 0 Å². The summed E-state index contributed by atoms with van der Waals surface area (Å²) in [6.07, 6.45) is 1.39. The van der Waals surface area contributed by atoms with Crippen molar-refractivity contribution in [2.75, 3.05) is 7.11 Å². The second-order valence-corrected chi connectivity index (χ2v) is 2.70. The summed E-state index contributed by atoms with van der Waals surface area (Å²) in [5.41, 5.74) is 0. The molecule has 76 valence electrons. The van der Waals surface area contributed by atoms with Crippen molar-refractivity contribution in [3.8, 4) is 0 Å². The molecule has 1 N–H and O–H groups in total. The average Bonchev–Trinajstić information content (AvgIpc) is 2.69. The van der Waals surface area contributed by atoms with Gasteiger partial charge in [0.05, 0.1) is 13.4 Å². The summed E-state index contributed by atoms with van der Waals surface area (Å²) < 4.78 is 9.29. The summed E-state index contributed by atoms with van der Waals surface area (Å²) in [5.74, 6) is -0.765. The Kier molecular flexibility index (Phi) is 3.28. The lowest BCUT2D eigenvalue weighted by atomic mass is 10.3. The van der Waals surface area contributed by atoms with E-state index in [2.05, 4.69) is 10.1 Å². The molecule has 1 rings (SSSR count). The van der Waals surface area contributed by atoms with Gasteiger partial charge in [-0.2, -0.15) is 0 Å². The Balaban J connectivity index is 2.53. The summed E-state index contributed by atoms with van der Waals surface area (Å²) in [6, 6.07) is 2.43. The second-order valence-electron chi connectivity index (χ2n) is 2.70. The highest BCUT2D eigenvalue weighted by atomic mass is 16.5. The summed E-state index contributed by atoms with van der Waals surface area (Å²) in [5, 5.41) is 2.43. The average molecular weight is 197 g/mol. The van der Waals surface area contributed by atoms with Gasteiger partial charge >= 0.3 is 5.97 Å². The van der Waals surface area contributed by atoms with Crippen molar-refractivity contribution in [2.45, 2.75) is 13.0 Å². The van der Waals surface area contributed by atoms with Gasteiger partial charge in [0.1, 0.15) is 6.04 Å². The Bertz CT molecular complexity index is 318. The van der Waals surface area contributed by atoms with Crippen LogP contribution >= 0.6 is 0 Å². The molecule has 0 aliphatic heterocycles. The van der Waals surface area contributed by atoms with Crippen molar-refractivity contribution >= 4 is 11.9 Å². The summed E-state index contributed by atoms with van der Waals surface area (Å²) >= 11 is 0. The molecule has 5 nitrogen and oxygen atoms in total. The molecule has 0 fully saturated rings. The van der Waals surface area contributed by atoms with Crippen LogP contribution in [0.15, 0.2) is 22.8 Å². The van der Waals surface area contributed by atoms with E-state index >= 15 is 0 Å². The number of hydrogen-bond acceptors (Lipinski definition) is 4. The van der Waals surface area contributed by atoms with Gasteiger partial charge in [-0.1, -0.05) is 0 Å². The van der Waals surface area contributed by atoms with Crippen molar-refractivity contribution in [3.05, 3.63) is 24.2 Å². The molecule has 5 heteroatoms. The quantitative estimate of drug-likeness (QED) is 0.719. The third kappa shape index (κ3) is 2.35. The molecule has 0 aromatic carbocycles. The van der Waals surface area contributed by atoms with Crippen LogP contribution in [0.3, 0.4) is 0 Å². The highest BCUT2D eigenvalue weighted by molar-refractivity contribution is 5.94. The highest BCUT2D eigenvalue weighted by Crippen LogP contribution is 2.00. The fourth-order valence-electron chi connectivity index (χ4n) is 0.911. The van der Waals surface area contributed by atoms with Crippen LogP contribution in [0.2, 0.25) is 0 Å². The van der Waals surface area contributed by atoms with Crippen LogP contribution in [0.1, 0.15) is 17.5 Å². The van der Waals surface area contributed by atoms with E-state index in [-0.39, 0.29) is 5.76 Å². The zero-order valence-electron chi connectivity index (χ0n) is 7.94. The number of hydrogen-bond donors (Lipinski definition) is 1. The van der Waals surface area contributed by atoms with E-state index in [0.717, 1.165) is 0 Å². The summed E-state index contributed by atoms with van der Waals surface area (Å²) in [4.78, 5) is 22.3. The fourth-order valence-corrected chi connectivity index (χ4v) is 0.911. The SMILES string of the molecule is COC(=O)[C@@H](C)NC(=O)c1ccco1. The Morgan fingerprint density at radius 3 is 2.79 bits per heavy atom. The van der Waals surface area contributed by atoms with Crippen LogP contribution in [0.25, 0.3) is 0 Å². The van der Waals surface area contributed by atoms with Crippen LogP contribution in [0.5, 0.6) is 0 Å². The fraction of sp³-hybridized carbons (Fsp3) is 0.333. The number of carbonyl (C=O) groups is 2. The highest BCUT2D eigenvalue weighted by Gasteiger charge is 2.17. The summed E-state index contributed by atoms with van der Waals surface area (Å²) in [6.45, 7) is 1.53. The van der Waals surface area contributed by atoms with Gasteiger partial charge in [0.15, 0.2) is 5.76 Å². The van der Waals surface area contributed by atoms with E-state index in [1.54, 1.807) is 6.07 Å². The van der Waals surface area contributed by atoms with Crippen molar-refractivity contribution < 1.29 is 18.7 Å². The van der Waals surface area contributed by atoms with Gasteiger partial charge in [-0.3, -0.25) is 4.79 Å². The minimum Gasteiger partial charge on any atom is -0.467 e. The van der Waals surface area contributed by atoms with E-state index in [0.29, 0.717) is 0 Å². The minimum absolute atomic E-state index is 0.167. The molecule has 1 amide bonds. The lowest BCUT2D eigenvalue weighted by Gasteiger charge is -2.09. The first-order valence-corrected chi connectivity index (χ1v) is 4.07. The maximum atomic E-state index is 11.3. The minimum atomic E-state index is -0.683. The molecule has 1 heterocycles. The molecule has 0 bridgehead atoms. The number of nitrogens with one attached hydrogen (secondary N) is 1. The van der Waals surface area contributed by atoms with Gasteiger partial charge in [0.2, 0.25) is 0 Å². The van der Waals surface area contributed by atoms with Gasteiger partial charge in [0.25, 0.3) is 5.91 Å². The smallest absolute Gasteiger partial charge is 0.328 e. The molecule has 0 spiro atoms. The number of carbonyl (C=O) groups excluding carboxylic acids is 2.